The topological polar surface area (TPSA) is 30.7 Å². The first-order valence-electron chi connectivity index (χ1n) is 8.28. The van der Waals surface area contributed by atoms with Crippen LogP contribution in [0.5, 0.6) is 0 Å². The van der Waals surface area contributed by atoms with Crippen LogP contribution < -0.4 is 0 Å². The van der Waals surface area contributed by atoms with Crippen molar-refractivity contribution in [3.05, 3.63) is 11.6 Å². The zero-order chi connectivity index (χ0) is 13.7. The Bertz CT molecular complexity index is 468. The molecule has 0 atom stereocenters. The smallest absolute Gasteiger partial charge is 0.143 e. The van der Waals surface area contributed by atoms with E-state index in [-0.39, 0.29) is 0 Å². The molecule has 4 aliphatic rings. The molecule has 20 heavy (non-hydrogen) atoms. The van der Waals surface area contributed by atoms with Crippen molar-refractivity contribution in [3.8, 4) is 0 Å². The molecule has 4 saturated carbocycles. The largest absolute Gasteiger partial charge is 0.314 e. The number of hydrogen-bond acceptors (Lipinski definition) is 2. The van der Waals surface area contributed by atoms with Gasteiger partial charge in [0.25, 0.3) is 0 Å². The highest BCUT2D eigenvalue weighted by molar-refractivity contribution is 9.08. The minimum atomic E-state index is 0.703. The minimum Gasteiger partial charge on any atom is -0.314 e. The molecule has 0 N–H and O–H groups in total. The number of hydrogen-bond donors (Lipinski definition) is 0. The van der Waals surface area contributed by atoms with Gasteiger partial charge in [0.05, 0.1) is 5.33 Å². The van der Waals surface area contributed by atoms with Gasteiger partial charge in [0.2, 0.25) is 0 Å². The fraction of sp³-hybridized carbons (Fsp3) is 0.875. The Kier molecular flexibility index (Phi) is 3.40. The molecule has 0 radical (unpaired) electrons. The Morgan fingerprint density at radius 1 is 1.05 bits per heavy atom. The van der Waals surface area contributed by atoms with E-state index >= 15 is 0 Å². The van der Waals surface area contributed by atoms with Crippen LogP contribution in [0.1, 0.15) is 63.0 Å². The summed E-state index contributed by atoms with van der Waals surface area (Å²) in [6.07, 6.45) is 8.52. The van der Waals surface area contributed by atoms with E-state index in [9.17, 15) is 0 Å². The summed E-state index contributed by atoms with van der Waals surface area (Å²) in [5.74, 6) is 7.00. The zero-order valence-corrected chi connectivity index (χ0v) is 13.8. The normalized spacial score (nSPS) is 38.6. The lowest BCUT2D eigenvalue weighted by molar-refractivity contribution is -0.00693. The minimum absolute atomic E-state index is 0.703. The maximum absolute atomic E-state index is 4.63. The van der Waals surface area contributed by atoms with Gasteiger partial charge in [-0.3, -0.25) is 0 Å². The van der Waals surface area contributed by atoms with Crippen LogP contribution in [0.25, 0.3) is 0 Å². The molecular weight excluding hydrogens is 314 g/mol. The van der Waals surface area contributed by atoms with Crippen molar-refractivity contribution in [1.82, 2.24) is 14.8 Å². The van der Waals surface area contributed by atoms with Crippen LogP contribution in [0.4, 0.5) is 0 Å². The monoisotopic (exact) mass is 337 g/mol. The number of aromatic nitrogens is 3. The predicted molar refractivity (Wildman–Crippen MR) is 82.7 cm³/mol. The van der Waals surface area contributed by atoms with Gasteiger partial charge in [-0.15, -0.1) is 10.2 Å². The fourth-order valence-electron chi connectivity index (χ4n) is 5.51. The van der Waals surface area contributed by atoms with Gasteiger partial charge in [0.1, 0.15) is 11.6 Å². The zero-order valence-electron chi connectivity index (χ0n) is 12.3. The Hall–Kier alpha value is -0.380. The van der Waals surface area contributed by atoms with E-state index in [1.54, 1.807) is 0 Å². The molecule has 0 amide bonds. The maximum atomic E-state index is 4.63. The van der Waals surface area contributed by atoms with Crippen molar-refractivity contribution in [3.63, 3.8) is 0 Å². The Balaban J connectivity index is 1.69. The molecule has 5 rings (SSSR count). The van der Waals surface area contributed by atoms with Crippen LogP contribution in [0, 0.1) is 23.7 Å². The standard InChI is InChI=1S/C16H24BrN3/c1-2-3-20-14(9-17)18-19-16(20)15-12-5-10-4-11(7-12)8-13(15)6-10/h10-13,15H,2-9H2,1H3. The first-order valence-corrected chi connectivity index (χ1v) is 9.40. The molecular formula is C16H24BrN3. The molecule has 0 unspecified atom stereocenters. The van der Waals surface area contributed by atoms with Crippen molar-refractivity contribution in [2.45, 2.75) is 63.2 Å². The number of alkyl halides is 1. The number of nitrogens with zero attached hydrogens (tertiary/aromatic N) is 3. The van der Waals surface area contributed by atoms with Crippen molar-refractivity contribution < 1.29 is 0 Å². The lowest BCUT2D eigenvalue weighted by Gasteiger charge is -2.54. The van der Waals surface area contributed by atoms with Crippen LogP contribution in [-0.2, 0) is 11.9 Å². The van der Waals surface area contributed by atoms with Crippen molar-refractivity contribution in [2.75, 3.05) is 0 Å². The molecule has 1 aromatic heterocycles. The highest BCUT2D eigenvalue weighted by Crippen LogP contribution is 2.59. The number of rotatable bonds is 4. The van der Waals surface area contributed by atoms with Gasteiger partial charge in [-0.2, -0.15) is 0 Å². The molecule has 0 aromatic carbocycles. The lowest BCUT2D eigenvalue weighted by Crippen LogP contribution is -2.44. The molecule has 4 aliphatic carbocycles. The highest BCUT2D eigenvalue weighted by Gasteiger charge is 2.50. The first kappa shape index (κ1) is 13.3. The van der Waals surface area contributed by atoms with Crippen LogP contribution in [0.3, 0.4) is 0 Å². The third-order valence-corrected chi connectivity index (χ3v) is 6.45. The summed E-state index contributed by atoms with van der Waals surface area (Å²) < 4.78 is 2.42. The van der Waals surface area contributed by atoms with Gasteiger partial charge in [-0.25, -0.2) is 0 Å². The second-order valence-electron chi connectivity index (χ2n) is 7.22. The third-order valence-electron chi connectivity index (χ3n) is 5.95. The summed E-state index contributed by atoms with van der Waals surface area (Å²) >= 11 is 3.57. The van der Waals surface area contributed by atoms with Gasteiger partial charge >= 0.3 is 0 Å². The summed E-state index contributed by atoms with van der Waals surface area (Å²) in [6, 6.07) is 0. The molecule has 0 saturated heterocycles. The van der Waals surface area contributed by atoms with E-state index < -0.39 is 0 Å². The van der Waals surface area contributed by atoms with Crippen molar-refractivity contribution >= 4 is 15.9 Å². The van der Waals surface area contributed by atoms with Gasteiger partial charge in [0.15, 0.2) is 0 Å². The van der Waals surface area contributed by atoms with Crippen molar-refractivity contribution in [1.29, 1.82) is 0 Å². The van der Waals surface area contributed by atoms with E-state index in [4.69, 9.17) is 0 Å². The maximum Gasteiger partial charge on any atom is 0.143 e. The third kappa shape index (κ3) is 1.98. The molecule has 4 bridgehead atoms. The molecule has 3 nitrogen and oxygen atoms in total. The van der Waals surface area contributed by atoms with Crippen LogP contribution in [-0.4, -0.2) is 14.8 Å². The average molecular weight is 338 g/mol. The van der Waals surface area contributed by atoms with Crippen molar-refractivity contribution in [2.24, 2.45) is 23.7 Å². The van der Waals surface area contributed by atoms with Crippen LogP contribution in [0.15, 0.2) is 0 Å². The quantitative estimate of drug-likeness (QED) is 0.773. The summed E-state index contributed by atoms with van der Waals surface area (Å²) in [6.45, 7) is 3.32. The Morgan fingerprint density at radius 3 is 2.25 bits per heavy atom. The summed E-state index contributed by atoms with van der Waals surface area (Å²) in [5, 5.41) is 9.91. The summed E-state index contributed by atoms with van der Waals surface area (Å²) in [5.41, 5.74) is 0. The molecule has 4 fully saturated rings. The molecule has 0 spiro atoms. The molecule has 4 heteroatoms. The highest BCUT2D eigenvalue weighted by atomic mass is 79.9. The van der Waals surface area contributed by atoms with Gasteiger partial charge in [-0.1, -0.05) is 22.9 Å². The first-order chi connectivity index (χ1) is 9.80. The average Bonchev–Trinajstić information content (AvgIpc) is 2.81. The molecule has 1 aromatic rings. The van der Waals surface area contributed by atoms with E-state index in [0.29, 0.717) is 5.92 Å². The second kappa shape index (κ2) is 5.11. The Morgan fingerprint density at radius 2 is 1.70 bits per heavy atom. The molecule has 0 aliphatic heterocycles. The Labute approximate surface area is 129 Å². The fourth-order valence-corrected chi connectivity index (χ4v) is 5.92. The molecule has 110 valence electrons. The van der Waals surface area contributed by atoms with E-state index in [2.05, 4.69) is 37.6 Å². The predicted octanol–water partition coefficient (Wildman–Crippen LogP) is 4.12. The van der Waals surface area contributed by atoms with Crippen LogP contribution >= 0.6 is 15.9 Å². The summed E-state index contributed by atoms with van der Waals surface area (Å²) in [7, 11) is 0. The molecule has 1 heterocycles. The van der Waals surface area contributed by atoms with Gasteiger partial charge in [-0.05, 0) is 62.2 Å². The lowest BCUT2D eigenvalue weighted by atomic mass is 9.51. The van der Waals surface area contributed by atoms with Gasteiger partial charge < -0.3 is 4.57 Å². The van der Waals surface area contributed by atoms with E-state index in [1.807, 2.05) is 0 Å². The second-order valence-corrected chi connectivity index (χ2v) is 7.78. The van der Waals surface area contributed by atoms with E-state index in [0.717, 1.165) is 41.4 Å². The summed E-state index contributed by atoms with van der Waals surface area (Å²) in [4.78, 5) is 0. The van der Waals surface area contributed by atoms with E-state index in [1.165, 1.54) is 44.3 Å². The number of halogens is 1. The van der Waals surface area contributed by atoms with Crippen LogP contribution in [0.2, 0.25) is 0 Å². The van der Waals surface area contributed by atoms with Gasteiger partial charge in [0, 0.05) is 12.5 Å². The SMILES string of the molecule is CCCn1c(CBr)nnc1C1C2CC3CC(C2)CC1C3.